The maximum atomic E-state index is 4.04. The Morgan fingerprint density at radius 2 is 1.77 bits per heavy atom. The lowest BCUT2D eigenvalue weighted by atomic mass is 9.95. The molecule has 1 saturated heterocycles. The standard InChI is InChI=1S/C21H23N/c1-5-14(2)19-8-6-17(10-15(19)3)12-18-7-9-20(16(4)11-18)21-13-22-21/h5-11,21-22H,1-2,12-13H2,3-4H3. The summed E-state index contributed by atoms with van der Waals surface area (Å²) >= 11 is 0. The van der Waals surface area contributed by atoms with Gasteiger partial charge in [0.1, 0.15) is 0 Å². The Morgan fingerprint density at radius 3 is 2.32 bits per heavy atom. The summed E-state index contributed by atoms with van der Waals surface area (Å²) in [5, 5.41) is 3.37. The fourth-order valence-electron chi connectivity index (χ4n) is 3.06. The third kappa shape index (κ3) is 3.05. The molecule has 0 bridgehead atoms. The van der Waals surface area contributed by atoms with Gasteiger partial charge in [-0.15, -0.1) is 0 Å². The smallest absolute Gasteiger partial charge is 0.0450 e. The van der Waals surface area contributed by atoms with Gasteiger partial charge in [0, 0.05) is 12.6 Å². The first-order valence-electron chi connectivity index (χ1n) is 7.82. The highest BCUT2D eigenvalue weighted by atomic mass is 15.1. The number of benzene rings is 2. The summed E-state index contributed by atoms with van der Waals surface area (Å²) in [4.78, 5) is 0. The minimum Gasteiger partial charge on any atom is -0.307 e. The lowest BCUT2D eigenvalue weighted by molar-refractivity contribution is 1.04. The Bertz CT molecular complexity index is 736. The number of rotatable bonds is 5. The van der Waals surface area contributed by atoms with E-state index in [9.17, 15) is 0 Å². The second-order valence-corrected chi connectivity index (χ2v) is 6.21. The second kappa shape index (κ2) is 5.94. The van der Waals surface area contributed by atoms with E-state index in [1.165, 1.54) is 33.4 Å². The SMILES string of the molecule is C=CC(=C)c1ccc(Cc2ccc(C3CN3)c(C)c2)cc1C. The molecule has 22 heavy (non-hydrogen) atoms. The maximum Gasteiger partial charge on any atom is 0.0450 e. The predicted molar refractivity (Wildman–Crippen MR) is 95.1 cm³/mol. The summed E-state index contributed by atoms with van der Waals surface area (Å²) in [5.74, 6) is 0. The van der Waals surface area contributed by atoms with Gasteiger partial charge in [0.2, 0.25) is 0 Å². The Balaban J connectivity index is 1.81. The van der Waals surface area contributed by atoms with Crippen LogP contribution in [0.15, 0.2) is 55.6 Å². The molecule has 0 saturated carbocycles. The highest BCUT2D eigenvalue weighted by molar-refractivity contribution is 5.73. The highest BCUT2D eigenvalue weighted by Gasteiger charge is 2.23. The van der Waals surface area contributed by atoms with E-state index in [0.29, 0.717) is 6.04 Å². The van der Waals surface area contributed by atoms with Crippen molar-refractivity contribution in [2.45, 2.75) is 26.3 Å². The zero-order valence-corrected chi connectivity index (χ0v) is 13.4. The van der Waals surface area contributed by atoms with Gasteiger partial charge in [-0.1, -0.05) is 55.6 Å². The maximum absolute atomic E-state index is 4.04. The van der Waals surface area contributed by atoms with E-state index in [1.807, 2.05) is 6.08 Å². The average Bonchev–Trinajstić information content (AvgIpc) is 3.31. The molecule has 0 amide bonds. The number of hydrogen-bond acceptors (Lipinski definition) is 1. The number of hydrogen-bond donors (Lipinski definition) is 1. The second-order valence-electron chi connectivity index (χ2n) is 6.21. The first kappa shape index (κ1) is 14.8. The molecule has 0 radical (unpaired) electrons. The van der Waals surface area contributed by atoms with Crippen LogP contribution in [-0.4, -0.2) is 6.54 Å². The quantitative estimate of drug-likeness (QED) is 0.623. The number of allylic oxidation sites excluding steroid dienone is 2. The third-order valence-electron chi connectivity index (χ3n) is 4.41. The molecule has 1 fully saturated rings. The largest absolute Gasteiger partial charge is 0.307 e. The van der Waals surface area contributed by atoms with E-state index in [2.05, 4.69) is 68.7 Å². The average molecular weight is 289 g/mol. The molecule has 3 rings (SSSR count). The molecule has 0 aromatic heterocycles. The zero-order valence-electron chi connectivity index (χ0n) is 13.4. The Morgan fingerprint density at radius 1 is 1.14 bits per heavy atom. The summed E-state index contributed by atoms with van der Waals surface area (Å²) in [6, 6.07) is 14.1. The van der Waals surface area contributed by atoms with Crippen LogP contribution in [0.2, 0.25) is 0 Å². The molecule has 1 aliphatic rings. The zero-order chi connectivity index (χ0) is 15.7. The van der Waals surface area contributed by atoms with Crippen LogP contribution in [0, 0.1) is 13.8 Å². The number of nitrogens with one attached hydrogen (secondary N) is 1. The Kier molecular flexibility index (Phi) is 4.00. The van der Waals surface area contributed by atoms with Gasteiger partial charge in [-0.2, -0.15) is 0 Å². The van der Waals surface area contributed by atoms with Crippen molar-refractivity contribution in [2.75, 3.05) is 6.54 Å². The van der Waals surface area contributed by atoms with Crippen molar-refractivity contribution in [3.63, 3.8) is 0 Å². The van der Waals surface area contributed by atoms with Crippen LogP contribution in [-0.2, 0) is 6.42 Å². The minimum atomic E-state index is 0.584. The van der Waals surface area contributed by atoms with Crippen LogP contribution in [0.4, 0.5) is 0 Å². The normalized spacial score (nSPS) is 16.4. The monoisotopic (exact) mass is 289 g/mol. The first-order chi connectivity index (χ1) is 10.6. The van der Waals surface area contributed by atoms with Gasteiger partial charge in [-0.3, -0.25) is 0 Å². The molecule has 1 nitrogen and oxygen atoms in total. The number of aryl methyl sites for hydroxylation is 2. The molecular weight excluding hydrogens is 266 g/mol. The fraction of sp³-hybridized carbons (Fsp3) is 0.238. The van der Waals surface area contributed by atoms with E-state index in [4.69, 9.17) is 0 Å². The molecule has 1 heterocycles. The van der Waals surface area contributed by atoms with Crippen molar-refractivity contribution in [1.29, 1.82) is 0 Å². The Hall–Kier alpha value is -2.12. The van der Waals surface area contributed by atoms with E-state index in [1.54, 1.807) is 0 Å². The predicted octanol–water partition coefficient (Wildman–Crippen LogP) is 4.74. The van der Waals surface area contributed by atoms with Crippen LogP contribution < -0.4 is 5.32 Å². The molecule has 1 atom stereocenters. The van der Waals surface area contributed by atoms with Gasteiger partial charge in [0.05, 0.1) is 0 Å². The van der Waals surface area contributed by atoms with Crippen LogP contribution in [0.1, 0.15) is 39.4 Å². The van der Waals surface area contributed by atoms with Gasteiger partial charge < -0.3 is 5.32 Å². The summed E-state index contributed by atoms with van der Waals surface area (Å²) in [6.45, 7) is 13.3. The molecule has 0 spiro atoms. The molecule has 1 aliphatic heterocycles. The molecular formula is C21H23N. The third-order valence-corrected chi connectivity index (χ3v) is 4.41. The van der Waals surface area contributed by atoms with Gasteiger partial charge in [-0.25, -0.2) is 0 Å². The van der Waals surface area contributed by atoms with Crippen molar-refractivity contribution in [3.05, 3.63) is 89.0 Å². The summed E-state index contributed by atoms with van der Waals surface area (Å²) in [5.41, 5.74) is 8.98. The minimum absolute atomic E-state index is 0.584. The summed E-state index contributed by atoms with van der Waals surface area (Å²) < 4.78 is 0. The van der Waals surface area contributed by atoms with Crippen molar-refractivity contribution >= 4 is 5.57 Å². The van der Waals surface area contributed by atoms with Crippen molar-refractivity contribution in [2.24, 2.45) is 0 Å². The van der Waals surface area contributed by atoms with Crippen LogP contribution in [0.5, 0.6) is 0 Å². The van der Waals surface area contributed by atoms with Crippen molar-refractivity contribution in [1.82, 2.24) is 5.32 Å². The molecule has 1 unspecified atom stereocenters. The van der Waals surface area contributed by atoms with E-state index in [-0.39, 0.29) is 0 Å². The van der Waals surface area contributed by atoms with E-state index in [0.717, 1.165) is 18.5 Å². The van der Waals surface area contributed by atoms with Gasteiger partial charge in [0.25, 0.3) is 0 Å². The van der Waals surface area contributed by atoms with Crippen LogP contribution in [0.3, 0.4) is 0 Å². The van der Waals surface area contributed by atoms with E-state index < -0.39 is 0 Å². The summed E-state index contributed by atoms with van der Waals surface area (Å²) in [6.07, 6.45) is 2.79. The van der Waals surface area contributed by atoms with Crippen LogP contribution >= 0.6 is 0 Å². The topological polar surface area (TPSA) is 21.9 Å². The molecule has 2 aromatic rings. The van der Waals surface area contributed by atoms with Gasteiger partial charge in [-0.05, 0) is 59.2 Å². The molecule has 1 heteroatoms. The van der Waals surface area contributed by atoms with Crippen molar-refractivity contribution < 1.29 is 0 Å². The molecule has 1 N–H and O–H groups in total. The lowest BCUT2D eigenvalue weighted by Gasteiger charge is -2.10. The van der Waals surface area contributed by atoms with Crippen molar-refractivity contribution in [3.8, 4) is 0 Å². The molecule has 112 valence electrons. The molecule has 2 aromatic carbocycles. The van der Waals surface area contributed by atoms with Crippen LogP contribution in [0.25, 0.3) is 5.57 Å². The summed E-state index contributed by atoms with van der Waals surface area (Å²) in [7, 11) is 0. The van der Waals surface area contributed by atoms with Gasteiger partial charge in [0.15, 0.2) is 0 Å². The van der Waals surface area contributed by atoms with E-state index >= 15 is 0 Å². The Labute approximate surface area is 133 Å². The first-order valence-corrected chi connectivity index (χ1v) is 7.82. The van der Waals surface area contributed by atoms with Gasteiger partial charge >= 0.3 is 0 Å². The molecule has 0 aliphatic carbocycles. The highest BCUT2D eigenvalue weighted by Crippen LogP contribution is 2.27. The fourth-order valence-corrected chi connectivity index (χ4v) is 3.06. The lowest BCUT2D eigenvalue weighted by Crippen LogP contribution is -1.95.